The van der Waals surface area contributed by atoms with Crippen LogP contribution < -0.4 is 9.64 Å². The Morgan fingerprint density at radius 2 is 1.90 bits per heavy atom. The summed E-state index contributed by atoms with van der Waals surface area (Å²) in [5, 5.41) is 8.95. The van der Waals surface area contributed by atoms with Crippen LogP contribution in [0.25, 0.3) is 11.3 Å². The second-order valence-electron chi connectivity index (χ2n) is 6.63. The first-order valence-electron chi connectivity index (χ1n) is 9.86. The van der Waals surface area contributed by atoms with Gasteiger partial charge in [-0.15, -0.1) is 0 Å². The number of halogens is 1. The van der Waals surface area contributed by atoms with Crippen molar-refractivity contribution in [3.8, 4) is 23.1 Å². The molecule has 0 bridgehead atoms. The molecule has 0 radical (unpaired) electrons. The lowest BCUT2D eigenvalue weighted by molar-refractivity contribution is -0.118. The maximum Gasteiger partial charge on any atom is 0.227 e. The van der Waals surface area contributed by atoms with E-state index in [1.807, 2.05) is 19.1 Å². The maximum absolute atomic E-state index is 13.9. The zero-order valence-electron chi connectivity index (χ0n) is 16.8. The summed E-state index contributed by atoms with van der Waals surface area (Å²) >= 11 is 0. The van der Waals surface area contributed by atoms with Crippen molar-refractivity contribution in [1.82, 2.24) is 0 Å². The van der Waals surface area contributed by atoms with Crippen molar-refractivity contribution in [2.45, 2.75) is 26.2 Å². The summed E-state index contributed by atoms with van der Waals surface area (Å²) < 4.78 is 25.1. The van der Waals surface area contributed by atoms with E-state index in [4.69, 9.17) is 14.4 Å². The van der Waals surface area contributed by atoms with Crippen LogP contribution in [-0.2, 0) is 11.2 Å². The number of ether oxygens (including phenoxy) is 1. The molecule has 0 aliphatic rings. The Balaban J connectivity index is 1.67. The van der Waals surface area contributed by atoms with Gasteiger partial charge >= 0.3 is 0 Å². The molecule has 1 amide bonds. The van der Waals surface area contributed by atoms with Gasteiger partial charge in [0.15, 0.2) is 0 Å². The predicted octanol–water partition coefficient (Wildman–Crippen LogP) is 5.36. The third-order valence-corrected chi connectivity index (χ3v) is 4.59. The van der Waals surface area contributed by atoms with E-state index >= 15 is 0 Å². The van der Waals surface area contributed by atoms with E-state index in [1.165, 1.54) is 6.07 Å². The van der Waals surface area contributed by atoms with Crippen LogP contribution in [0.5, 0.6) is 5.75 Å². The van der Waals surface area contributed by atoms with Gasteiger partial charge in [-0.05, 0) is 55.5 Å². The average molecular weight is 406 g/mol. The molecule has 1 heterocycles. The summed E-state index contributed by atoms with van der Waals surface area (Å²) in [7, 11) is 0. The van der Waals surface area contributed by atoms with Crippen LogP contribution in [0.15, 0.2) is 65.1 Å². The predicted molar refractivity (Wildman–Crippen MR) is 113 cm³/mol. The van der Waals surface area contributed by atoms with Gasteiger partial charge in [0.2, 0.25) is 5.91 Å². The molecule has 3 aromatic rings. The molecule has 0 spiro atoms. The highest BCUT2D eigenvalue weighted by Gasteiger charge is 2.17. The minimum atomic E-state index is -0.354. The Kier molecular flexibility index (Phi) is 7.23. The number of hydrogen-bond donors (Lipinski definition) is 0. The van der Waals surface area contributed by atoms with E-state index in [2.05, 4.69) is 6.07 Å². The highest BCUT2D eigenvalue weighted by atomic mass is 19.1. The van der Waals surface area contributed by atoms with E-state index in [0.29, 0.717) is 42.3 Å². The van der Waals surface area contributed by atoms with E-state index < -0.39 is 0 Å². The zero-order chi connectivity index (χ0) is 21.3. The highest BCUT2D eigenvalue weighted by Crippen LogP contribution is 2.26. The lowest BCUT2D eigenvalue weighted by Crippen LogP contribution is -2.31. The monoisotopic (exact) mass is 406 g/mol. The Morgan fingerprint density at radius 1 is 1.13 bits per heavy atom. The van der Waals surface area contributed by atoms with Crippen LogP contribution in [0.1, 0.15) is 25.5 Å². The van der Waals surface area contributed by atoms with Crippen LogP contribution in [0.4, 0.5) is 10.1 Å². The average Bonchev–Trinajstić information content (AvgIpc) is 3.23. The molecular weight excluding hydrogens is 383 g/mol. The third kappa shape index (κ3) is 5.26. The molecule has 2 aromatic carbocycles. The van der Waals surface area contributed by atoms with Gasteiger partial charge in [-0.25, -0.2) is 4.39 Å². The summed E-state index contributed by atoms with van der Waals surface area (Å²) in [6, 6.07) is 19.2. The summed E-state index contributed by atoms with van der Waals surface area (Å²) in [5.41, 5.74) is 1.10. The minimum absolute atomic E-state index is 0.113. The number of amides is 1. The molecule has 6 heteroatoms. The van der Waals surface area contributed by atoms with Gasteiger partial charge in [0.1, 0.15) is 23.1 Å². The quantitative estimate of drug-likeness (QED) is 0.480. The summed E-state index contributed by atoms with van der Waals surface area (Å²) in [4.78, 5) is 14.4. The van der Waals surface area contributed by atoms with Crippen molar-refractivity contribution in [2.75, 3.05) is 18.1 Å². The van der Waals surface area contributed by atoms with Crippen LogP contribution >= 0.6 is 0 Å². The van der Waals surface area contributed by atoms with Crippen LogP contribution in [-0.4, -0.2) is 19.1 Å². The zero-order valence-corrected chi connectivity index (χ0v) is 16.8. The van der Waals surface area contributed by atoms with E-state index in [0.717, 1.165) is 5.75 Å². The standard InChI is InChI=1S/C24H23FN2O3/c1-2-29-19-10-8-18(9-11-19)27(17-5-16-26)24(28)15-13-20-12-14-23(30-20)21-6-3-4-7-22(21)25/h3-4,6-12,14H,2,5,13,15,17H2,1H3. The fourth-order valence-corrected chi connectivity index (χ4v) is 3.13. The molecule has 30 heavy (non-hydrogen) atoms. The van der Waals surface area contributed by atoms with Crippen molar-refractivity contribution >= 4 is 11.6 Å². The van der Waals surface area contributed by atoms with Gasteiger partial charge in [0.05, 0.1) is 24.7 Å². The molecule has 0 aliphatic heterocycles. The largest absolute Gasteiger partial charge is 0.494 e. The molecule has 1 aromatic heterocycles. The number of nitrogens with zero attached hydrogens (tertiary/aromatic N) is 2. The lowest BCUT2D eigenvalue weighted by atomic mass is 10.1. The van der Waals surface area contributed by atoms with Gasteiger partial charge in [-0.2, -0.15) is 5.26 Å². The molecule has 0 N–H and O–H groups in total. The molecule has 0 aliphatic carbocycles. The molecule has 0 fully saturated rings. The Labute approximate surface area is 175 Å². The minimum Gasteiger partial charge on any atom is -0.494 e. The van der Waals surface area contributed by atoms with Crippen molar-refractivity contribution in [1.29, 1.82) is 5.26 Å². The number of nitriles is 1. The fourth-order valence-electron chi connectivity index (χ4n) is 3.13. The second-order valence-corrected chi connectivity index (χ2v) is 6.63. The molecule has 0 saturated carbocycles. The smallest absolute Gasteiger partial charge is 0.227 e. The summed E-state index contributed by atoms with van der Waals surface area (Å²) in [6.45, 7) is 2.78. The van der Waals surface area contributed by atoms with Crippen LogP contribution in [0.2, 0.25) is 0 Å². The Bertz CT molecular complexity index is 1020. The molecule has 0 unspecified atom stereocenters. The van der Waals surface area contributed by atoms with Gasteiger partial charge in [0, 0.05) is 25.1 Å². The maximum atomic E-state index is 13.9. The number of carbonyl (C=O) groups is 1. The van der Waals surface area contributed by atoms with Crippen molar-refractivity contribution < 1.29 is 18.3 Å². The molecule has 0 saturated heterocycles. The first-order valence-corrected chi connectivity index (χ1v) is 9.86. The Hall–Kier alpha value is -3.59. The second kappa shape index (κ2) is 10.3. The third-order valence-electron chi connectivity index (χ3n) is 4.59. The van der Waals surface area contributed by atoms with Gasteiger partial charge in [-0.3, -0.25) is 4.79 Å². The number of hydrogen-bond acceptors (Lipinski definition) is 4. The van der Waals surface area contributed by atoms with Crippen molar-refractivity contribution in [3.63, 3.8) is 0 Å². The normalized spacial score (nSPS) is 10.4. The summed E-state index contributed by atoms with van der Waals surface area (Å²) in [5.74, 6) is 1.30. The lowest BCUT2D eigenvalue weighted by Gasteiger charge is -2.22. The number of rotatable bonds is 9. The number of aryl methyl sites for hydroxylation is 1. The Morgan fingerprint density at radius 3 is 2.60 bits per heavy atom. The number of anilines is 1. The van der Waals surface area contributed by atoms with E-state index in [-0.39, 0.29) is 24.6 Å². The number of benzene rings is 2. The number of furan rings is 1. The highest BCUT2D eigenvalue weighted by molar-refractivity contribution is 5.93. The molecule has 3 rings (SSSR count). The topological polar surface area (TPSA) is 66.5 Å². The molecule has 154 valence electrons. The van der Waals surface area contributed by atoms with Gasteiger partial charge < -0.3 is 14.1 Å². The fraction of sp³-hybridized carbons (Fsp3) is 0.250. The van der Waals surface area contributed by atoms with Gasteiger partial charge in [-0.1, -0.05) is 12.1 Å². The molecule has 0 atom stereocenters. The molecular formula is C24H23FN2O3. The first kappa shape index (κ1) is 21.1. The van der Waals surface area contributed by atoms with Gasteiger partial charge in [0.25, 0.3) is 0 Å². The van der Waals surface area contributed by atoms with Crippen molar-refractivity contribution in [3.05, 3.63) is 72.2 Å². The number of carbonyl (C=O) groups excluding carboxylic acids is 1. The van der Waals surface area contributed by atoms with Crippen molar-refractivity contribution in [2.24, 2.45) is 0 Å². The van der Waals surface area contributed by atoms with E-state index in [1.54, 1.807) is 47.4 Å². The van der Waals surface area contributed by atoms with E-state index in [9.17, 15) is 9.18 Å². The molecule has 5 nitrogen and oxygen atoms in total. The van der Waals surface area contributed by atoms with Crippen LogP contribution in [0, 0.1) is 17.1 Å². The first-order chi connectivity index (χ1) is 14.6. The summed E-state index contributed by atoms with van der Waals surface area (Å²) in [6.07, 6.45) is 0.827. The van der Waals surface area contributed by atoms with Crippen LogP contribution in [0.3, 0.4) is 0 Å². The SMILES string of the molecule is CCOc1ccc(N(CCC#N)C(=O)CCc2ccc(-c3ccccc3F)o2)cc1.